The van der Waals surface area contributed by atoms with Crippen LogP contribution in [0, 0.1) is 13.8 Å². The summed E-state index contributed by atoms with van der Waals surface area (Å²) in [6, 6.07) is 9.75. The summed E-state index contributed by atoms with van der Waals surface area (Å²) in [7, 11) is 3.90. The highest BCUT2D eigenvalue weighted by molar-refractivity contribution is 7.09. The summed E-state index contributed by atoms with van der Waals surface area (Å²) in [5.74, 6) is 0.807. The lowest BCUT2D eigenvalue weighted by atomic mass is 10.1. The molecule has 0 aliphatic carbocycles. The second kappa shape index (κ2) is 6.79. The first-order valence-corrected chi connectivity index (χ1v) is 8.64. The van der Waals surface area contributed by atoms with E-state index in [1.165, 1.54) is 11.5 Å². The van der Waals surface area contributed by atoms with Gasteiger partial charge < -0.3 is 9.64 Å². The van der Waals surface area contributed by atoms with Crippen LogP contribution >= 0.6 is 23.1 Å². The van der Waals surface area contributed by atoms with Crippen LogP contribution in [0.5, 0.6) is 10.8 Å². The molecule has 3 rings (SSSR count). The Morgan fingerprint density at radius 1 is 1.21 bits per heavy atom. The molecule has 0 amide bonds. The Labute approximate surface area is 150 Å². The van der Waals surface area contributed by atoms with E-state index in [-0.39, 0.29) is 0 Å². The van der Waals surface area contributed by atoms with E-state index in [0.29, 0.717) is 5.02 Å². The lowest BCUT2D eigenvalue weighted by Gasteiger charge is -2.11. The van der Waals surface area contributed by atoms with Crippen molar-refractivity contribution in [1.29, 1.82) is 0 Å². The smallest absolute Gasteiger partial charge is 0.207 e. The Kier molecular flexibility index (Phi) is 4.73. The Hall–Kier alpha value is -2.11. The van der Waals surface area contributed by atoms with Crippen molar-refractivity contribution in [3.63, 3.8) is 0 Å². The molecule has 0 bridgehead atoms. The highest BCUT2D eigenvalue weighted by atomic mass is 35.5. The monoisotopic (exact) mass is 359 g/mol. The number of fused-ring (bicyclic) bond motifs is 1. The first kappa shape index (κ1) is 16.7. The molecule has 0 fully saturated rings. The highest BCUT2D eigenvalue weighted by Gasteiger charge is 2.13. The predicted octanol–water partition coefficient (Wildman–Crippen LogP) is 5.58. The van der Waals surface area contributed by atoms with Crippen LogP contribution in [0.4, 0.5) is 5.69 Å². The van der Waals surface area contributed by atoms with Crippen molar-refractivity contribution < 1.29 is 4.74 Å². The molecule has 0 saturated carbocycles. The molecule has 3 aromatic rings. The molecule has 0 aliphatic heterocycles. The van der Waals surface area contributed by atoms with Crippen LogP contribution in [0.25, 0.3) is 10.9 Å². The molecule has 0 unspecified atom stereocenters. The molecule has 1 aromatic heterocycles. The molecule has 0 saturated heterocycles. The molecule has 0 aliphatic rings. The quantitative estimate of drug-likeness (QED) is 0.450. The first-order valence-electron chi connectivity index (χ1n) is 7.49. The summed E-state index contributed by atoms with van der Waals surface area (Å²) >= 11 is 7.49. The zero-order valence-electron chi connectivity index (χ0n) is 14.0. The fourth-order valence-electron chi connectivity index (χ4n) is 2.28. The summed E-state index contributed by atoms with van der Waals surface area (Å²) in [5, 5.41) is 2.32. The molecule has 0 spiro atoms. The maximum Gasteiger partial charge on any atom is 0.207 e. The van der Waals surface area contributed by atoms with Gasteiger partial charge in [0, 0.05) is 25.6 Å². The van der Waals surface area contributed by atoms with Gasteiger partial charge in [0.2, 0.25) is 5.06 Å². The molecular weight excluding hydrogens is 342 g/mol. The average Bonchev–Trinajstić information content (AvgIpc) is 2.94. The minimum atomic E-state index is 0.639. The van der Waals surface area contributed by atoms with Gasteiger partial charge in [0.05, 0.1) is 22.4 Å². The van der Waals surface area contributed by atoms with Gasteiger partial charge in [-0.1, -0.05) is 17.7 Å². The number of aliphatic imine (C=N–C) groups is 1. The molecule has 24 heavy (non-hydrogen) atoms. The van der Waals surface area contributed by atoms with Crippen molar-refractivity contribution in [2.45, 2.75) is 13.8 Å². The van der Waals surface area contributed by atoms with Crippen LogP contribution in [0.1, 0.15) is 11.1 Å². The number of ether oxygens (including phenoxy) is 1. The standard InChI is InChI=1S/C18H18ClN3OS/c1-11-9-16(12(2)8-15(11)20-10-22(3)4)23-18-13-6-5-7-14(19)17(13)21-24-18/h5-10H,1-4H3. The maximum atomic E-state index is 6.18. The van der Waals surface area contributed by atoms with E-state index >= 15 is 0 Å². The molecule has 0 atom stereocenters. The molecular formula is C18H18ClN3OS. The van der Waals surface area contributed by atoms with Gasteiger partial charge in [-0.05, 0) is 49.2 Å². The fourth-order valence-corrected chi connectivity index (χ4v) is 3.31. The van der Waals surface area contributed by atoms with Gasteiger partial charge in [0.1, 0.15) is 11.3 Å². The van der Waals surface area contributed by atoms with Gasteiger partial charge >= 0.3 is 0 Å². The molecule has 2 aromatic carbocycles. The van der Waals surface area contributed by atoms with Gasteiger partial charge in [-0.2, -0.15) is 4.37 Å². The summed E-state index contributed by atoms with van der Waals surface area (Å²) in [6.45, 7) is 4.04. The van der Waals surface area contributed by atoms with Gasteiger partial charge in [0.15, 0.2) is 0 Å². The second-order valence-corrected chi connectivity index (χ2v) is 6.96. The third kappa shape index (κ3) is 3.37. The van der Waals surface area contributed by atoms with E-state index in [9.17, 15) is 0 Å². The van der Waals surface area contributed by atoms with Gasteiger partial charge in [-0.25, -0.2) is 4.99 Å². The Morgan fingerprint density at radius 3 is 2.75 bits per heavy atom. The molecule has 6 heteroatoms. The number of aromatic nitrogens is 1. The number of nitrogens with zero attached hydrogens (tertiary/aromatic N) is 3. The Bertz CT molecular complexity index is 918. The van der Waals surface area contributed by atoms with Crippen LogP contribution in [0.3, 0.4) is 0 Å². The third-order valence-corrected chi connectivity index (χ3v) is 4.60. The molecule has 1 heterocycles. The summed E-state index contributed by atoms with van der Waals surface area (Å²) in [6.07, 6.45) is 1.79. The van der Waals surface area contributed by atoms with E-state index < -0.39 is 0 Å². The predicted molar refractivity (Wildman–Crippen MR) is 102 cm³/mol. The van der Waals surface area contributed by atoms with Crippen molar-refractivity contribution in [2.75, 3.05) is 14.1 Å². The van der Waals surface area contributed by atoms with E-state index in [1.54, 1.807) is 6.34 Å². The van der Waals surface area contributed by atoms with Crippen LogP contribution in [0.2, 0.25) is 5.02 Å². The third-order valence-electron chi connectivity index (χ3n) is 3.55. The molecule has 0 N–H and O–H groups in total. The Balaban J connectivity index is 1.95. The maximum absolute atomic E-state index is 6.18. The van der Waals surface area contributed by atoms with Crippen LogP contribution < -0.4 is 4.74 Å². The van der Waals surface area contributed by atoms with E-state index in [4.69, 9.17) is 16.3 Å². The largest absolute Gasteiger partial charge is 0.444 e. The summed E-state index contributed by atoms with van der Waals surface area (Å²) in [4.78, 5) is 6.39. The normalized spacial score (nSPS) is 11.4. The lowest BCUT2D eigenvalue weighted by molar-refractivity contribution is 0.497. The fraction of sp³-hybridized carbons (Fsp3) is 0.222. The van der Waals surface area contributed by atoms with Crippen molar-refractivity contribution in [2.24, 2.45) is 4.99 Å². The number of rotatable bonds is 4. The molecule has 124 valence electrons. The summed E-state index contributed by atoms with van der Waals surface area (Å²) in [5.41, 5.74) is 3.79. The minimum Gasteiger partial charge on any atom is -0.444 e. The number of aryl methyl sites for hydroxylation is 2. The lowest BCUT2D eigenvalue weighted by Crippen LogP contribution is -2.07. The van der Waals surface area contributed by atoms with Crippen LogP contribution in [0.15, 0.2) is 35.3 Å². The first-order chi connectivity index (χ1) is 11.5. The zero-order chi connectivity index (χ0) is 17.3. The number of hydrogen-bond acceptors (Lipinski definition) is 4. The van der Waals surface area contributed by atoms with Crippen LogP contribution in [-0.4, -0.2) is 29.7 Å². The molecule has 0 radical (unpaired) electrons. The van der Waals surface area contributed by atoms with E-state index in [2.05, 4.69) is 9.37 Å². The number of benzene rings is 2. The highest BCUT2D eigenvalue weighted by Crippen LogP contribution is 2.39. The SMILES string of the molecule is Cc1cc(Oc2snc3c(Cl)cccc23)c(C)cc1N=CN(C)C. The van der Waals surface area contributed by atoms with Gasteiger partial charge in [-0.3, -0.25) is 0 Å². The van der Waals surface area contributed by atoms with Crippen molar-refractivity contribution in [3.05, 3.63) is 46.5 Å². The Morgan fingerprint density at radius 2 is 2.00 bits per heavy atom. The number of hydrogen-bond donors (Lipinski definition) is 0. The topological polar surface area (TPSA) is 37.7 Å². The zero-order valence-corrected chi connectivity index (χ0v) is 15.6. The average molecular weight is 360 g/mol. The van der Waals surface area contributed by atoms with Crippen molar-refractivity contribution in [1.82, 2.24) is 9.27 Å². The summed E-state index contributed by atoms with van der Waals surface area (Å²) < 4.78 is 10.5. The number of halogens is 1. The van der Waals surface area contributed by atoms with Gasteiger partial charge in [0.25, 0.3) is 0 Å². The van der Waals surface area contributed by atoms with Crippen molar-refractivity contribution in [3.8, 4) is 10.8 Å². The van der Waals surface area contributed by atoms with Gasteiger partial charge in [-0.15, -0.1) is 0 Å². The van der Waals surface area contributed by atoms with Crippen LogP contribution in [-0.2, 0) is 0 Å². The van der Waals surface area contributed by atoms with E-state index in [0.717, 1.165) is 38.5 Å². The second-order valence-electron chi connectivity index (χ2n) is 5.82. The van der Waals surface area contributed by atoms with E-state index in [1.807, 2.05) is 63.2 Å². The molecule has 4 nitrogen and oxygen atoms in total. The minimum absolute atomic E-state index is 0.639. The van der Waals surface area contributed by atoms with Crippen molar-refractivity contribution >= 4 is 46.1 Å².